The van der Waals surface area contributed by atoms with E-state index in [0.29, 0.717) is 11.1 Å². The largest absolute Gasteiger partial charge is 0.475 e. The van der Waals surface area contributed by atoms with Crippen molar-refractivity contribution in [1.29, 1.82) is 0 Å². The minimum atomic E-state index is -4.17. The van der Waals surface area contributed by atoms with Crippen LogP contribution in [0.5, 0.6) is 0 Å². The van der Waals surface area contributed by atoms with E-state index in [1.165, 1.54) is 17.8 Å². The van der Waals surface area contributed by atoms with Crippen LogP contribution in [-0.2, 0) is 35.8 Å². The number of anilines is 1. The molecule has 0 bridgehead atoms. The van der Waals surface area contributed by atoms with Gasteiger partial charge in [-0.05, 0) is 37.5 Å². The third-order valence-electron chi connectivity index (χ3n) is 5.32. The fourth-order valence-corrected chi connectivity index (χ4v) is 5.23. The number of hydrogen-bond donors (Lipinski definition) is 1. The number of ether oxygens (including phenoxy) is 1. The van der Waals surface area contributed by atoms with Gasteiger partial charge in [-0.25, -0.2) is 9.36 Å². The van der Waals surface area contributed by atoms with Gasteiger partial charge in [0.1, 0.15) is 11.9 Å². The maximum absolute atomic E-state index is 15.1. The number of fused-ring (bicyclic) bond motifs is 1. The second-order valence-corrected chi connectivity index (χ2v) is 9.73. The fourth-order valence-electron chi connectivity index (χ4n) is 3.65. The minimum absolute atomic E-state index is 0.240. The summed E-state index contributed by atoms with van der Waals surface area (Å²) in [7, 11) is -4.17. The Balaban J connectivity index is 1.47. The minimum Gasteiger partial charge on any atom is -0.366 e. The predicted octanol–water partition coefficient (Wildman–Crippen LogP) is 3.90. The van der Waals surface area contributed by atoms with E-state index in [4.69, 9.17) is 18.3 Å². The van der Waals surface area contributed by atoms with E-state index in [0.717, 1.165) is 12.0 Å². The van der Waals surface area contributed by atoms with Crippen molar-refractivity contribution in [3.8, 4) is 0 Å². The molecule has 4 rings (SSSR count). The summed E-state index contributed by atoms with van der Waals surface area (Å²) in [4.78, 5) is 16.4. The predicted molar refractivity (Wildman–Crippen MR) is 115 cm³/mol. The Morgan fingerprint density at radius 2 is 1.97 bits per heavy atom. The Morgan fingerprint density at radius 3 is 2.61 bits per heavy atom. The number of alkyl halides is 2. The zero-order chi connectivity index (χ0) is 23.8. The molecular weight excluding hydrogens is 459 g/mol. The number of rotatable bonds is 7. The van der Waals surface area contributed by atoms with Gasteiger partial charge in [0.05, 0.1) is 12.7 Å². The Hall–Kier alpha value is -2.17. The molecule has 2 aliphatic rings. The summed E-state index contributed by atoms with van der Waals surface area (Å²) < 4.78 is 64.0. The van der Waals surface area contributed by atoms with E-state index < -0.39 is 50.6 Å². The molecule has 2 unspecified atom stereocenters. The molecule has 33 heavy (non-hydrogen) atoms. The van der Waals surface area contributed by atoms with Gasteiger partial charge in [-0.2, -0.15) is 13.8 Å². The summed E-state index contributed by atoms with van der Waals surface area (Å²) in [5.41, 5.74) is 1.27. The van der Waals surface area contributed by atoms with Crippen molar-refractivity contribution in [2.45, 2.75) is 64.2 Å². The molecule has 2 aromatic rings. The molecule has 0 spiro atoms. The van der Waals surface area contributed by atoms with Crippen LogP contribution in [0.1, 0.15) is 38.1 Å². The van der Waals surface area contributed by atoms with Crippen LogP contribution in [0.3, 0.4) is 0 Å². The van der Waals surface area contributed by atoms with Crippen LogP contribution < -0.4 is 11.0 Å². The Kier molecular flexibility index (Phi) is 6.70. The van der Waals surface area contributed by atoms with Crippen LogP contribution in [0.4, 0.5) is 14.6 Å². The number of phosphoric ester groups is 1. The number of aromatic nitrogens is 2. The van der Waals surface area contributed by atoms with Crippen LogP contribution in [0.2, 0.25) is 0 Å². The SMILES string of the molecule is CCc1ccc(CNc2ccn(C3O[C@@H]4COP(=O)(OC(C)C)O[C@H]4C3(F)F)c(=O)n2)cc1. The second-order valence-electron chi connectivity index (χ2n) is 8.15. The molecule has 4 atom stereocenters. The number of nitrogens with one attached hydrogen (secondary N) is 1. The maximum atomic E-state index is 15.1. The van der Waals surface area contributed by atoms with E-state index in [2.05, 4.69) is 17.2 Å². The second kappa shape index (κ2) is 9.23. The Bertz CT molecular complexity index is 1090. The third kappa shape index (κ3) is 5.02. The molecule has 2 fully saturated rings. The number of aryl methyl sites for hydroxylation is 1. The number of halogens is 2. The number of hydrogen-bond acceptors (Lipinski definition) is 8. The van der Waals surface area contributed by atoms with Crippen molar-refractivity contribution >= 4 is 13.6 Å². The van der Waals surface area contributed by atoms with Crippen molar-refractivity contribution < 1.29 is 31.7 Å². The molecule has 2 saturated heterocycles. The molecule has 0 aliphatic carbocycles. The van der Waals surface area contributed by atoms with Crippen LogP contribution >= 0.6 is 7.82 Å². The molecule has 0 amide bonds. The first-order valence-electron chi connectivity index (χ1n) is 10.7. The number of phosphoric acid groups is 1. The maximum Gasteiger partial charge on any atom is 0.475 e. The molecule has 1 aromatic heterocycles. The van der Waals surface area contributed by atoms with Gasteiger partial charge in [-0.3, -0.25) is 18.1 Å². The first kappa shape index (κ1) is 24.0. The lowest BCUT2D eigenvalue weighted by Gasteiger charge is -2.32. The van der Waals surface area contributed by atoms with E-state index in [1.807, 2.05) is 24.3 Å². The van der Waals surface area contributed by atoms with Crippen LogP contribution in [0.15, 0.2) is 41.3 Å². The highest BCUT2D eigenvalue weighted by Crippen LogP contribution is 2.60. The molecule has 2 aliphatic heterocycles. The molecule has 0 radical (unpaired) electrons. The third-order valence-corrected chi connectivity index (χ3v) is 6.95. The normalized spacial score (nSPS) is 28.6. The van der Waals surface area contributed by atoms with E-state index >= 15 is 8.78 Å². The van der Waals surface area contributed by atoms with Crippen molar-refractivity contribution in [2.24, 2.45) is 0 Å². The van der Waals surface area contributed by atoms with Gasteiger partial charge in [-0.1, -0.05) is 31.2 Å². The average molecular weight is 485 g/mol. The smallest absolute Gasteiger partial charge is 0.366 e. The first-order valence-corrected chi connectivity index (χ1v) is 12.1. The molecular formula is C21H26F2N3O6P. The van der Waals surface area contributed by atoms with E-state index in [9.17, 15) is 9.36 Å². The highest BCUT2D eigenvalue weighted by molar-refractivity contribution is 7.48. The van der Waals surface area contributed by atoms with Gasteiger partial charge < -0.3 is 10.1 Å². The van der Waals surface area contributed by atoms with Crippen LogP contribution in [0, 0.1) is 0 Å². The first-order chi connectivity index (χ1) is 15.6. The Labute approximate surface area is 189 Å². The summed E-state index contributed by atoms with van der Waals surface area (Å²) in [6.45, 7) is 5.21. The summed E-state index contributed by atoms with van der Waals surface area (Å²) in [5.74, 6) is -3.43. The highest BCUT2D eigenvalue weighted by atomic mass is 31.2. The standard InChI is InChI=1S/C21H26F2N3O6P/c1-4-14-5-7-15(8-6-14)11-24-17-9-10-26(20(27)25-17)19-21(22,23)18-16(30-19)12-29-33(28,32-18)31-13(2)3/h5-10,13,16,18-19H,4,11-12H2,1-3H3,(H,24,25,27)/t16-,18-,19?,33?/m1/s1. The van der Waals surface area contributed by atoms with Gasteiger partial charge in [0.15, 0.2) is 6.10 Å². The zero-order valence-electron chi connectivity index (χ0n) is 18.4. The summed E-state index contributed by atoms with van der Waals surface area (Å²) >= 11 is 0. The van der Waals surface area contributed by atoms with Crippen LogP contribution in [0.25, 0.3) is 0 Å². The van der Waals surface area contributed by atoms with Crippen molar-refractivity contribution in [3.05, 3.63) is 58.1 Å². The fraction of sp³-hybridized carbons (Fsp3) is 0.524. The molecule has 1 aromatic carbocycles. The van der Waals surface area contributed by atoms with Crippen molar-refractivity contribution in [1.82, 2.24) is 9.55 Å². The number of nitrogens with zero attached hydrogens (tertiary/aromatic N) is 2. The average Bonchev–Trinajstić information content (AvgIpc) is 3.01. The zero-order valence-corrected chi connectivity index (χ0v) is 19.3. The molecule has 3 heterocycles. The topological polar surface area (TPSA) is 101 Å². The van der Waals surface area contributed by atoms with Gasteiger partial charge in [0.25, 0.3) is 0 Å². The monoisotopic (exact) mass is 485 g/mol. The molecule has 0 saturated carbocycles. The number of benzene rings is 1. The lowest BCUT2D eigenvalue weighted by Crippen LogP contribution is -2.45. The summed E-state index contributed by atoms with van der Waals surface area (Å²) in [5, 5.41) is 3.01. The highest BCUT2D eigenvalue weighted by Gasteiger charge is 2.65. The summed E-state index contributed by atoms with van der Waals surface area (Å²) in [6, 6.07) is 9.36. The lowest BCUT2D eigenvalue weighted by molar-refractivity contribution is -0.139. The quantitative estimate of drug-likeness (QED) is 0.590. The van der Waals surface area contributed by atoms with E-state index in [1.54, 1.807) is 13.8 Å². The van der Waals surface area contributed by atoms with Crippen molar-refractivity contribution in [2.75, 3.05) is 11.9 Å². The van der Waals surface area contributed by atoms with Gasteiger partial charge >= 0.3 is 19.4 Å². The van der Waals surface area contributed by atoms with E-state index in [-0.39, 0.29) is 5.82 Å². The Morgan fingerprint density at radius 1 is 1.27 bits per heavy atom. The van der Waals surface area contributed by atoms with Gasteiger partial charge in [0.2, 0.25) is 6.23 Å². The van der Waals surface area contributed by atoms with Gasteiger partial charge in [-0.15, -0.1) is 0 Å². The molecule has 180 valence electrons. The van der Waals surface area contributed by atoms with Gasteiger partial charge in [0, 0.05) is 12.7 Å². The lowest BCUT2D eigenvalue weighted by atomic mass is 10.1. The molecule has 12 heteroatoms. The summed E-state index contributed by atoms with van der Waals surface area (Å²) in [6.07, 6.45) is -3.55. The van der Waals surface area contributed by atoms with Crippen molar-refractivity contribution in [3.63, 3.8) is 0 Å². The molecule has 9 nitrogen and oxygen atoms in total. The van der Waals surface area contributed by atoms with Crippen LogP contribution in [-0.4, -0.2) is 40.4 Å². The molecule has 1 N–H and O–H groups in total.